The summed E-state index contributed by atoms with van der Waals surface area (Å²) in [5.41, 5.74) is 0.325. The van der Waals surface area contributed by atoms with Gasteiger partial charge in [0.15, 0.2) is 5.78 Å². The SMILES string of the molecule is CC(C)C[C@@H](NC(=O)CCC(=O)c1ccc(F)cc1)C(=O)O. The highest BCUT2D eigenvalue weighted by atomic mass is 19.1. The number of ketones is 1. The number of aliphatic carboxylic acids is 1. The molecule has 120 valence electrons. The van der Waals surface area contributed by atoms with E-state index in [9.17, 15) is 18.8 Å². The topological polar surface area (TPSA) is 83.5 Å². The first kappa shape index (κ1) is 17.8. The van der Waals surface area contributed by atoms with E-state index in [0.29, 0.717) is 12.0 Å². The molecule has 0 heterocycles. The number of halogens is 1. The minimum absolute atomic E-state index is 0.0501. The Balaban J connectivity index is 2.49. The van der Waals surface area contributed by atoms with E-state index in [4.69, 9.17) is 5.11 Å². The molecule has 0 aromatic heterocycles. The second-order valence-corrected chi connectivity index (χ2v) is 5.52. The largest absolute Gasteiger partial charge is 0.480 e. The van der Waals surface area contributed by atoms with Crippen LogP contribution in [0.15, 0.2) is 24.3 Å². The molecule has 1 rings (SSSR count). The minimum atomic E-state index is -1.09. The lowest BCUT2D eigenvalue weighted by atomic mass is 10.0. The highest BCUT2D eigenvalue weighted by Crippen LogP contribution is 2.09. The van der Waals surface area contributed by atoms with Crippen molar-refractivity contribution in [3.05, 3.63) is 35.6 Å². The summed E-state index contributed by atoms with van der Waals surface area (Å²) in [5, 5.41) is 11.4. The zero-order valence-corrected chi connectivity index (χ0v) is 12.6. The zero-order valence-electron chi connectivity index (χ0n) is 12.6. The van der Waals surface area contributed by atoms with Gasteiger partial charge in [-0.2, -0.15) is 0 Å². The van der Waals surface area contributed by atoms with Crippen molar-refractivity contribution < 1.29 is 23.9 Å². The monoisotopic (exact) mass is 309 g/mol. The number of carboxylic acid groups (broad SMARTS) is 1. The molecule has 1 amide bonds. The van der Waals surface area contributed by atoms with Crippen molar-refractivity contribution in [1.29, 1.82) is 0 Å². The number of Topliss-reactive ketones (excluding diaryl/α,β-unsaturated/α-hetero) is 1. The number of amides is 1. The van der Waals surface area contributed by atoms with Crippen molar-refractivity contribution in [1.82, 2.24) is 5.32 Å². The molecule has 0 aliphatic heterocycles. The maximum Gasteiger partial charge on any atom is 0.326 e. The molecule has 0 radical (unpaired) electrons. The van der Waals surface area contributed by atoms with Gasteiger partial charge in [0.2, 0.25) is 5.91 Å². The maximum absolute atomic E-state index is 12.8. The third kappa shape index (κ3) is 6.03. The summed E-state index contributed by atoms with van der Waals surface area (Å²) in [4.78, 5) is 34.6. The highest BCUT2D eigenvalue weighted by molar-refractivity contribution is 5.98. The van der Waals surface area contributed by atoms with Gasteiger partial charge in [-0.1, -0.05) is 13.8 Å². The van der Waals surface area contributed by atoms with Gasteiger partial charge < -0.3 is 10.4 Å². The third-order valence-corrected chi connectivity index (χ3v) is 3.09. The van der Waals surface area contributed by atoms with Crippen LogP contribution in [0, 0.1) is 11.7 Å². The van der Waals surface area contributed by atoms with Crippen molar-refractivity contribution >= 4 is 17.7 Å². The first-order chi connectivity index (χ1) is 10.3. The van der Waals surface area contributed by atoms with Gasteiger partial charge in [-0.15, -0.1) is 0 Å². The standard InChI is InChI=1S/C16H20FNO4/c1-10(2)9-13(16(21)22)18-15(20)8-7-14(19)11-3-5-12(17)6-4-11/h3-6,10,13H,7-9H2,1-2H3,(H,18,20)(H,21,22)/t13-/m1/s1. The lowest BCUT2D eigenvalue weighted by Gasteiger charge is -2.16. The fraction of sp³-hybridized carbons (Fsp3) is 0.438. The first-order valence-corrected chi connectivity index (χ1v) is 7.10. The molecule has 0 aliphatic rings. The van der Waals surface area contributed by atoms with E-state index in [1.807, 2.05) is 13.8 Å². The van der Waals surface area contributed by atoms with Gasteiger partial charge in [-0.25, -0.2) is 9.18 Å². The number of carbonyl (C=O) groups is 3. The average molecular weight is 309 g/mol. The molecular weight excluding hydrogens is 289 g/mol. The number of rotatable bonds is 8. The Hall–Kier alpha value is -2.24. The second-order valence-electron chi connectivity index (χ2n) is 5.52. The summed E-state index contributed by atoms with van der Waals surface area (Å²) in [6, 6.07) is 4.11. The number of benzene rings is 1. The van der Waals surface area contributed by atoms with Crippen LogP contribution in [0.1, 0.15) is 43.5 Å². The summed E-state index contributed by atoms with van der Waals surface area (Å²) in [7, 11) is 0. The molecule has 0 saturated carbocycles. The number of carbonyl (C=O) groups excluding carboxylic acids is 2. The van der Waals surface area contributed by atoms with Gasteiger partial charge in [-0.3, -0.25) is 9.59 Å². The molecule has 0 aliphatic carbocycles. The van der Waals surface area contributed by atoms with Crippen molar-refractivity contribution in [3.63, 3.8) is 0 Å². The highest BCUT2D eigenvalue weighted by Gasteiger charge is 2.21. The average Bonchev–Trinajstić information content (AvgIpc) is 2.44. The Morgan fingerprint density at radius 1 is 1.14 bits per heavy atom. The Labute approximate surface area is 128 Å². The molecule has 0 fully saturated rings. The van der Waals surface area contributed by atoms with Crippen molar-refractivity contribution in [2.45, 2.75) is 39.2 Å². The van der Waals surface area contributed by atoms with Crippen LogP contribution in [0.4, 0.5) is 4.39 Å². The van der Waals surface area contributed by atoms with Crippen LogP contribution in [0.5, 0.6) is 0 Å². The van der Waals surface area contributed by atoms with Crippen LogP contribution < -0.4 is 5.32 Å². The molecule has 1 atom stereocenters. The summed E-state index contributed by atoms with van der Waals surface area (Å²) >= 11 is 0. The zero-order chi connectivity index (χ0) is 16.7. The van der Waals surface area contributed by atoms with Gasteiger partial charge in [0, 0.05) is 18.4 Å². The van der Waals surface area contributed by atoms with Crippen LogP contribution in [0.3, 0.4) is 0 Å². The number of carboxylic acids is 1. The van der Waals surface area contributed by atoms with Crippen LogP contribution in [0.2, 0.25) is 0 Å². The van der Waals surface area contributed by atoms with Crippen molar-refractivity contribution in [3.8, 4) is 0 Å². The maximum atomic E-state index is 12.8. The molecule has 22 heavy (non-hydrogen) atoms. The first-order valence-electron chi connectivity index (χ1n) is 7.10. The predicted octanol–water partition coefficient (Wildman–Crippen LogP) is 2.40. The fourth-order valence-corrected chi connectivity index (χ4v) is 1.97. The van der Waals surface area contributed by atoms with E-state index in [1.165, 1.54) is 24.3 Å². The van der Waals surface area contributed by atoms with Gasteiger partial charge in [0.1, 0.15) is 11.9 Å². The number of hydrogen-bond donors (Lipinski definition) is 2. The normalized spacial score (nSPS) is 12.0. The smallest absolute Gasteiger partial charge is 0.326 e. The molecule has 1 aromatic rings. The predicted molar refractivity (Wildman–Crippen MR) is 79.0 cm³/mol. The molecule has 1 aromatic carbocycles. The molecule has 0 bridgehead atoms. The molecule has 6 heteroatoms. The van der Waals surface area contributed by atoms with E-state index >= 15 is 0 Å². The number of nitrogens with one attached hydrogen (secondary N) is 1. The lowest BCUT2D eigenvalue weighted by Crippen LogP contribution is -2.41. The van der Waals surface area contributed by atoms with Crippen molar-refractivity contribution in [2.75, 3.05) is 0 Å². The fourth-order valence-electron chi connectivity index (χ4n) is 1.97. The second kappa shape index (κ2) is 8.26. The minimum Gasteiger partial charge on any atom is -0.480 e. The van der Waals surface area contributed by atoms with Gasteiger partial charge in [0.25, 0.3) is 0 Å². The summed E-state index contributed by atoms with van der Waals surface area (Å²) in [6.07, 6.45) is 0.177. The van der Waals surface area contributed by atoms with E-state index < -0.39 is 23.7 Å². The molecule has 5 nitrogen and oxygen atoms in total. The Bertz CT molecular complexity index is 540. The molecule has 0 unspecified atom stereocenters. The quantitative estimate of drug-likeness (QED) is 0.722. The Morgan fingerprint density at radius 2 is 1.73 bits per heavy atom. The summed E-state index contributed by atoms with van der Waals surface area (Å²) in [6.45, 7) is 3.72. The summed E-state index contributed by atoms with van der Waals surface area (Å²) < 4.78 is 12.8. The lowest BCUT2D eigenvalue weighted by molar-refractivity contribution is -0.142. The van der Waals surface area contributed by atoms with Gasteiger partial charge in [-0.05, 0) is 36.6 Å². The van der Waals surface area contributed by atoms with Crippen LogP contribution >= 0.6 is 0 Å². The van der Waals surface area contributed by atoms with E-state index in [0.717, 1.165) is 0 Å². The van der Waals surface area contributed by atoms with Gasteiger partial charge >= 0.3 is 5.97 Å². The van der Waals surface area contributed by atoms with Crippen LogP contribution in [-0.4, -0.2) is 28.8 Å². The van der Waals surface area contributed by atoms with Gasteiger partial charge in [0.05, 0.1) is 0 Å². The summed E-state index contributed by atoms with van der Waals surface area (Å²) in [5.74, 6) is -2.17. The van der Waals surface area contributed by atoms with Crippen LogP contribution in [-0.2, 0) is 9.59 Å². The molecule has 0 saturated heterocycles. The molecule has 0 spiro atoms. The van der Waals surface area contributed by atoms with E-state index in [-0.39, 0.29) is 24.5 Å². The van der Waals surface area contributed by atoms with E-state index in [2.05, 4.69) is 5.32 Å². The number of hydrogen-bond acceptors (Lipinski definition) is 3. The Morgan fingerprint density at radius 3 is 2.23 bits per heavy atom. The third-order valence-electron chi connectivity index (χ3n) is 3.09. The Kier molecular flexibility index (Phi) is 6.69. The van der Waals surface area contributed by atoms with Crippen LogP contribution in [0.25, 0.3) is 0 Å². The molecule has 2 N–H and O–H groups in total. The van der Waals surface area contributed by atoms with E-state index in [1.54, 1.807) is 0 Å². The van der Waals surface area contributed by atoms with Crippen molar-refractivity contribution in [2.24, 2.45) is 5.92 Å². The molecular formula is C16H20FNO4.